The Bertz CT molecular complexity index is 3740. The molecule has 0 unspecified atom stereocenters. The first-order chi connectivity index (χ1) is 58.7. The maximum absolute atomic E-state index is 5.84. The molecule has 10 aromatic rings. The van der Waals surface area contributed by atoms with Crippen LogP contribution in [0.1, 0.15) is 312 Å². The smallest absolute Gasteiger partial charge is 0.119 e. The van der Waals surface area contributed by atoms with Crippen LogP contribution in [0.5, 0.6) is 28.7 Å². The van der Waals surface area contributed by atoms with Crippen LogP contribution < -0.4 is 23.7 Å². The van der Waals surface area contributed by atoms with Gasteiger partial charge in [0.2, 0.25) is 0 Å². The summed E-state index contributed by atoms with van der Waals surface area (Å²) in [7, 11) is 0. The van der Waals surface area contributed by atoms with E-state index in [1.807, 2.05) is 121 Å². The van der Waals surface area contributed by atoms with Crippen molar-refractivity contribution < 1.29 is 47.2 Å². The average Bonchev–Trinajstić information content (AvgIpc) is 0.865. The number of hydrogen-bond donors (Lipinski definition) is 5. The molecule has 0 N–H and O–H groups in total. The van der Waals surface area contributed by atoms with Crippen LogP contribution in [-0.4, -0.2) is 0 Å². The molecule has 0 heterocycles. The molecule has 0 amide bonds. The fraction of sp³-hybridized carbons (Fsp3) is 0.455. The normalized spacial score (nSPS) is 19.9. The van der Waals surface area contributed by atoms with Crippen molar-refractivity contribution in [2.45, 2.75) is 314 Å². The second kappa shape index (κ2) is 58.9. The Kier molecular flexibility index (Phi) is 50.2. The summed E-state index contributed by atoms with van der Waals surface area (Å²) in [4.78, 5) is 4.79. The number of hydrogen-bond acceptors (Lipinski definition) is 10. The summed E-state index contributed by atoms with van der Waals surface area (Å²) in [5.41, 5.74) is 13.7. The molecule has 0 aliphatic heterocycles. The molecule has 5 fully saturated rings. The van der Waals surface area contributed by atoms with Gasteiger partial charge in [0.05, 0.1) is 0 Å². The molecule has 0 aromatic heterocycles. The average molecular weight is 1800 g/mol. The molecule has 5 aliphatic carbocycles. The van der Waals surface area contributed by atoms with Crippen molar-refractivity contribution in [3.8, 4) is 28.7 Å². The molecule has 0 bridgehead atoms. The first-order valence-corrected chi connectivity index (χ1v) is 48.5. The van der Waals surface area contributed by atoms with E-state index in [9.17, 15) is 0 Å². The van der Waals surface area contributed by atoms with Crippen molar-refractivity contribution >= 4 is 63.1 Å². The molecule has 0 spiro atoms. The second-order valence-corrected chi connectivity index (χ2v) is 37.7. The van der Waals surface area contributed by atoms with E-state index in [2.05, 4.69) is 219 Å². The SMILES string of the molecule is CCCC1CCC(c2ccc(COc3ccc(S)cc3)cc2)CC1.CCCC1CCC(c2ccc(COc3ccc(S)cc3)cc2)CC1.CCCC1CCC(c2ccc(COc3ccc(S)cc3)cc2)CC1.CCCC1CCC(c2ccc(COc3ccc(S)cc3)cc2)CC1.CCCC1CCC(c2ccc(COc3ccc(S)cc3)cc2)CC1.F.F.F.F.F. The van der Waals surface area contributed by atoms with Crippen molar-refractivity contribution in [1.82, 2.24) is 0 Å². The van der Waals surface area contributed by atoms with Crippen molar-refractivity contribution in [1.29, 1.82) is 0 Å². The summed E-state index contributed by atoms with van der Waals surface area (Å²) in [6.07, 6.45) is 41.4. The number of benzene rings is 10. The third-order valence-electron chi connectivity index (χ3n) is 26.2. The quantitative estimate of drug-likeness (QED) is 0.0229. The van der Waals surface area contributed by atoms with E-state index < -0.39 is 0 Å². The molecular formula is C110H145F5O5S5. The molecule has 125 heavy (non-hydrogen) atoms. The van der Waals surface area contributed by atoms with Gasteiger partial charge in [0, 0.05) is 24.5 Å². The minimum absolute atomic E-state index is 0. The minimum atomic E-state index is 0. The Labute approximate surface area is 775 Å². The molecular weight excluding hydrogens is 1660 g/mol. The van der Waals surface area contributed by atoms with Crippen LogP contribution in [0.15, 0.2) is 267 Å². The molecule has 5 saturated carbocycles. The van der Waals surface area contributed by atoms with E-state index >= 15 is 0 Å². The van der Waals surface area contributed by atoms with Crippen LogP contribution in [0.2, 0.25) is 0 Å². The van der Waals surface area contributed by atoms with Gasteiger partial charge in [0.15, 0.2) is 0 Å². The highest BCUT2D eigenvalue weighted by Gasteiger charge is 2.27. The van der Waals surface area contributed by atoms with Gasteiger partial charge in [0.25, 0.3) is 0 Å². The zero-order valence-corrected chi connectivity index (χ0v) is 79.4. The van der Waals surface area contributed by atoms with Gasteiger partial charge in [-0.1, -0.05) is 220 Å². The van der Waals surface area contributed by atoms with Crippen LogP contribution in [0.25, 0.3) is 0 Å². The van der Waals surface area contributed by atoms with Gasteiger partial charge in [0.1, 0.15) is 61.8 Å². The zero-order valence-electron chi connectivity index (χ0n) is 74.9. The fourth-order valence-electron chi connectivity index (χ4n) is 18.9. The van der Waals surface area contributed by atoms with Gasteiger partial charge in [-0.2, -0.15) is 0 Å². The van der Waals surface area contributed by atoms with Crippen LogP contribution >= 0.6 is 63.1 Å². The van der Waals surface area contributed by atoms with E-state index in [-0.39, 0.29) is 23.5 Å². The Morgan fingerprint density at radius 3 is 0.432 bits per heavy atom. The standard InChI is InChI=1S/5C22H28OS.5FH/c5*1-2-3-17-4-8-19(9-5-17)20-10-6-18(7-11-20)16-23-21-12-14-22(24)15-13-21;;;;;/h5*6-7,10-15,17,19,24H,2-5,8-9,16H2,1H3;5*1H. The first-order valence-electron chi connectivity index (χ1n) is 46.2. The number of rotatable bonds is 30. The molecule has 0 atom stereocenters. The van der Waals surface area contributed by atoms with E-state index in [0.29, 0.717) is 33.0 Å². The van der Waals surface area contributed by atoms with E-state index in [1.165, 1.54) is 248 Å². The lowest BCUT2D eigenvalue weighted by atomic mass is 9.77. The third-order valence-corrected chi connectivity index (χ3v) is 27.7. The monoisotopic (exact) mass is 1800 g/mol. The van der Waals surface area contributed by atoms with Crippen LogP contribution in [0, 0.1) is 29.6 Å². The summed E-state index contributed by atoms with van der Waals surface area (Å²) in [6, 6.07) is 84.5. The lowest BCUT2D eigenvalue weighted by Crippen LogP contribution is -2.13. The zero-order chi connectivity index (χ0) is 83.9. The lowest BCUT2D eigenvalue weighted by molar-refractivity contribution is 0.304. The Hall–Kier alpha value is -7.40. The largest absolute Gasteiger partial charge is 0.489 e. The highest BCUT2D eigenvalue weighted by atomic mass is 32.1. The van der Waals surface area contributed by atoms with Gasteiger partial charge >= 0.3 is 0 Å². The molecule has 0 saturated heterocycles. The summed E-state index contributed by atoms with van der Waals surface area (Å²) in [6.45, 7) is 14.6. The third kappa shape index (κ3) is 37.3. The van der Waals surface area contributed by atoms with Crippen molar-refractivity contribution in [2.24, 2.45) is 29.6 Å². The number of thiol groups is 5. The number of ether oxygens (including phenoxy) is 5. The Morgan fingerprint density at radius 2 is 0.312 bits per heavy atom. The summed E-state index contributed by atoms with van der Waals surface area (Å²) < 4.78 is 29.2. The van der Waals surface area contributed by atoms with Gasteiger partial charge in [-0.15, -0.1) is 63.1 Å². The van der Waals surface area contributed by atoms with Gasteiger partial charge in [-0.25, -0.2) is 0 Å². The summed E-state index contributed by atoms with van der Waals surface area (Å²) >= 11 is 21.5. The topological polar surface area (TPSA) is 46.2 Å². The van der Waals surface area contributed by atoms with E-state index in [1.54, 1.807) is 0 Å². The Morgan fingerprint density at radius 1 is 0.184 bits per heavy atom. The van der Waals surface area contributed by atoms with Crippen molar-refractivity contribution in [2.75, 3.05) is 0 Å². The highest BCUT2D eigenvalue weighted by Crippen LogP contribution is 2.43. The molecule has 5 aliphatic rings. The minimum Gasteiger partial charge on any atom is -0.489 e. The number of halogens is 5. The summed E-state index contributed by atoms with van der Waals surface area (Å²) in [5, 5.41) is 0. The van der Waals surface area contributed by atoms with Crippen LogP contribution in [0.4, 0.5) is 23.5 Å². The molecule has 15 rings (SSSR count). The van der Waals surface area contributed by atoms with Gasteiger partial charge in [-0.3, -0.25) is 23.5 Å². The predicted molar refractivity (Wildman–Crippen MR) is 533 cm³/mol. The van der Waals surface area contributed by atoms with Crippen LogP contribution in [-0.2, 0) is 33.0 Å². The first kappa shape index (κ1) is 106. The second-order valence-electron chi connectivity index (χ2n) is 35.2. The van der Waals surface area contributed by atoms with Crippen molar-refractivity contribution in [3.05, 3.63) is 298 Å². The lowest BCUT2D eigenvalue weighted by Gasteiger charge is -2.28. The van der Waals surface area contributed by atoms with Crippen molar-refractivity contribution in [3.63, 3.8) is 0 Å². The van der Waals surface area contributed by atoms with Gasteiger partial charge in [-0.05, 0) is 365 Å². The molecule has 0 radical (unpaired) electrons. The molecule has 680 valence electrons. The van der Waals surface area contributed by atoms with E-state index in [4.69, 9.17) is 23.7 Å². The predicted octanol–water partition coefficient (Wildman–Crippen LogP) is 33.9. The maximum Gasteiger partial charge on any atom is 0.119 e. The molecule has 10 aromatic carbocycles. The molecule has 5 nitrogen and oxygen atoms in total. The highest BCUT2D eigenvalue weighted by molar-refractivity contribution is 7.81. The van der Waals surface area contributed by atoms with Crippen LogP contribution in [0.3, 0.4) is 0 Å². The maximum atomic E-state index is 5.84. The Balaban J connectivity index is 0.000000239. The van der Waals surface area contributed by atoms with E-state index in [0.717, 1.165) is 112 Å². The summed E-state index contributed by atoms with van der Waals surface area (Å²) in [5.74, 6) is 13.1. The molecule has 15 heteroatoms. The fourth-order valence-corrected chi connectivity index (χ4v) is 19.7. The van der Waals surface area contributed by atoms with Gasteiger partial charge < -0.3 is 23.7 Å².